The molecule has 2 aromatic carbocycles. The Balaban J connectivity index is 2.32. The van der Waals surface area contributed by atoms with Gasteiger partial charge in [0.05, 0.1) is 11.5 Å². The van der Waals surface area contributed by atoms with Gasteiger partial charge in [-0.3, -0.25) is 9.59 Å². The van der Waals surface area contributed by atoms with E-state index in [1.165, 1.54) is 24.3 Å². The van der Waals surface area contributed by atoms with Gasteiger partial charge in [-0.05, 0) is 50.7 Å². The number of amides is 2. The van der Waals surface area contributed by atoms with E-state index in [0.717, 1.165) is 5.56 Å². The first-order valence-electron chi connectivity index (χ1n) is 9.79. The first-order valence-corrected chi connectivity index (χ1v) is 9.79. The van der Waals surface area contributed by atoms with Crippen LogP contribution in [0.2, 0.25) is 0 Å². The molecule has 0 aliphatic heterocycles. The number of allylic oxidation sites excluding steroid dienone is 1. The van der Waals surface area contributed by atoms with Gasteiger partial charge in [-0.2, -0.15) is 0 Å². The maximum Gasteiger partial charge on any atom is 0.335 e. The number of anilines is 2. The van der Waals surface area contributed by atoms with Crippen LogP contribution in [0.1, 0.15) is 33.2 Å². The first-order chi connectivity index (χ1) is 14.8. The monoisotopic (exact) mass is 421 g/mol. The number of rotatable bonds is 9. The molecule has 31 heavy (non-hydrogen) atoms. The second-order valence-electron chi connectivity index (χ2n) is 6.96. The number of hydrogen-bond acceptors (Lipinski definition) is 4. The average Bonchev–Trinajstić information content (AvgIpc) is 2.73. The topological polar surface area (TPSA) is 108 Å². The summed E-state index contributed by atoms with van der Waals surface area (Å²) in [6.45, 7) is 7.39. The number of carbonyl (C=O) groups is 3. The molecule has 0 aliphatic rings. The molecule has 2 amide bonds. The fourth-order valence-corrected chi connectivity index (χ4v) is 3.17. The number of hydrogen-bond donors (Lipinski definition) is 4. The molecule has 0 fully saturated rings. The predicted molar refractivity (Wildman–Crippen MR) is 123 cm³/mol. The molecule has 2 unspecified atom stereocenters. The summed E-state index contributed by atoms with van der Waals surface area (Å²) in [6, 6.07) is 11.0. The molecule has 0 aliphatic carbocycles. The normalized spacial score (nSPS) is 12.7. The fraction of sp³-hybridized carbons (Fsp3) is 0.208. The summed E-state index contributed by atoms with van der Waals surface area (Å²) in [7, 11) is 1.73. The largest absolute Gasteiger partial charge is 0.478 e. The molecule has 0 radical (unpaired) electrons. The van der Waals surface area contributed by atoms with Gasteiger partial charge in [0.2, 0.25) is 5.91 Å². The van der Waals surface area contributed by atoms with E-state index in [-0.39, 0.29) is 34.8 Å². The van der Waals surface area contributed by atoms with Gasteiger partial charge < -0.3 is 21.1 Å². The van der Waals surface area contributed by atoms with E-state index < -0.39 is 11.9 Å². The standard InChI is InChI=1S/C24H27N3O4/c1-5-9-21(25-4)19(6-2)22(28)26-17-12-16(24(30)31)13-18(14-17)27-23(29)20-11-8-7-10-15(20)3/h5-14,19,21,25H,2H2,1,3-4H3,(H,26,28)(H,27,29)(H,30,31)/b9-5-. The maximum atomic E-state index is 12.8. The van der Waals surface area contributed by atoms with Crippen molar-refractivity contribution in [2.45, 2.75) is 19.9 Å². The lowest BCUT2D eigenvalue weighted by molar-refractivity contribution is -0.118. The number of likely N-dealkylation sites (N-methyl/N-ethyl adjacent to an activating group) is 1. The first kappa shape index (κ1) is 23.6. The Bertz CT molecular complexity index is 1010. The van der Waals surface area contributed by atoms with E-state index in [4.69, 9.17) is 0 Å². The van der Waals surface area contributed by atoms with Crippen molar-refractivity contribution in [1.29, 1.82) is 0 Å². The Kier molecular flexibility index (Phi) is 8.28. The lowest BCUT2D eigenvalue weighted by Crippen LogP contribution is -2.38. The van der Waals surface area contributed by atoms with Gasteiger partial charge in [-0.15, -0.1) is 6.58 Å². The van der Waals surface area contributed by atoms with E-state index in [9.17, 15) is 19.5 Å². The zero-order valence-electron chi connectivity index (χ0n) is 17.8. The number of aromatic carboxylic acids is 1. The molecular weight excluding hydrogens is 394 g/mol. The predicted octanol–water partition coefficient (Wildman–Crippen LogP) is 3.85. The summed E-state index contributed by atoms with van der Waals surface area (Å²) in [4.78, 5) is 37.0. The van der Waals surface area contributed by atoms with Gasteiger partial charge in [0, 0.05) is 23.0 Å². The van der Waals surface area contributed by atoms with Crippen molar-refractivity contribution in [2.24, 2.45) is 5.92 Å². The van der Waals surface area contributed by atoms with Crippen LogP contribution in [0.25, 0.3) is 0 Å². The summed E-state index contributed by atoms with van der Waals surface area (Å²) < 4.78 is 0. The molecule has 2 atom stereocenters. The third-order valence-corrected chi connectivity index (χ3v) is 4.77. The molecule has 162 valence electrons. The number of benzene rings is 2. The molecule has 0 aromatic heterocycles. The summed E-state index contributed by atoms with van der Waals surface area (Å²) in [5.41, 5.74) is 1.72. The maximum absolute atomic E-state index is 12.8. The molecule has 0 saturated heterocycles. The Morgan fingerprint density at radius 3 is 2.26 bits per heavy atom. The minimum atomic E-state index is -1.18. The fourth-order valence-electron chi connectivity index (χ4n) is 3.17. The van der Waals surface area contributed by atoms with Gasteiger partial charge in [0.1, 0.15) is 0 Å². The lowest BCUT2D eigenvalue weighted by atomic mass is 9.98. The number of aryl methyl sites for hydroxylation is 1. The van der Waals surface area contributed by atoms with E-state index in [2.05, 4.69) is 22.5 Å². The van der Waals surface area contributed by atoms with Crippen LogP contribution in [0.15, 0.2) is 67.3 Å². The summed E-state index contributed by atoms with van der Waals surface area (Å²) in [6.07, 6.45) is 5.20. The van der Waals surface area contributed by atoms with Gasteiger partial charge >= 0.3 is 5.97 Å². The lowest BCUT2D eigenvalue weighted by Gasteiger charge is -2.21. The van der Waals surface area contributed by atoms with Crippen molar-refractivity contribution in [1.82, 2.24) is 5.32 Å². The highest BCUT2D eigenvalue weighted by Gasteiger charge is 2.23. The zero-order chi connectivity index (χ0) is 23.0. The molecule has 0 heterocycles. The number of carbonyl (C=O) groups excluding carboxylic acids is 2. The minimum Gasteiger partial charge on any atom is -0.478 e. The molecule has 4 N–H and O–H groups in total. The number of carboxylic acid groups (broad SMARTS) is 1. The smallest absolute Gasteiger partial charge is 0.335 e. The molecule has 0 spiro atoms. The van der Waals surface area contributed by atoms with Crippen molar-refractivity contribution in [3.63, 3.8) is 0 Å². The molecular formula is C24H27N3O4. The molecule has 7 heteroatoms. The molecule has 7 nitrogen and oxygen atoms in total. The SMILES string of the molecule is C=CC(C(=O)Nc1cc(NC(=O)c2ccccc2C)cc(C(=O)O)c1)C(/C=C\C)NC. The summed E-state index contributed by atoms with van der Waals surface area (Å²) >= 11 is 0. The highest BCUT2D eigenvalue weighted by atomic mass is 16.4. The van der Waals surface area contributed by atoms with Crippen LogP contribution in [0.3, 0.4) is 0 Å². The highest BCUT2D eigenvalue weighted by molar-refractivity contribution is 6.06. The molecule has 2 aromatic rings. The van der Waals surface area contributed by atoms with Crippen LogP contribution in [-0.4, -0.2) is 36.0 Å². The Morgan fingerprint density at radius 1 is 1.06 bits per heavy atom. The molecule has 2 rings (SSSR count). The molecule has 0 saturated carbocycles. The van der Waals surface area contributed by atoms with E-state index in [1.807, 2.05) is 38.1 Å². The Morgan fingerprint density at radius 2 is 1.71 bits per heavy atom. The van der Waals surface area contributed by atoms with Crippen molar-refractivity contribution in [3.8, 4) is 0 Å². The van der Waals surface area contributed by atoms with Gasteiger partial charge in [-0.25, -0.2) is 4.79 Å². The molecule has 0 bridgehead atoms. The van der Waals surface area contributed by atoms with E-state index >= 15 is 0 Å². The van der Waals surface area contributed by atoms with E-state index in [0.29, 0.717) is 5.56 Å². The van der Waals surface area contributed by atoms with E-state index in [1.54, 1.807) is 19.2 Å². The third kappa shape index (κ3) is 6.13. The highest BCUT2D eigenvalue weighted by Crippen LogP contribution is 2.22. The van der Waals surface area contributed by atoms with Crippen LogP contribution in [0.4, 0.5) is 11.4 Å². The number of nitrogens with one attached hydrogen (secondary N) is 3. The summed E-state index contributed by atoms with van der Waals surface area (Å²) in [5.74, 6) is -2.49. The van der Waals surface area contributed by atoms with Crippen molar-refractivity contribution in [3.05, 3.63) is 84.0 Å². The van der Waals surface area contributed by atoms with Crippen molar-refractivity contribution >= 4 is 29.2 Å². The second kappa shape index (κ2) is 10.9. The van der Waals surface area contributed by atoms with Crippen molar-refractivity contribution < 1.29 is 19.5 Å². The minimum absolute atomic E-state index is 0.0633. The average molecular weight is 421 g/mol. The number of carboxylic acids is 1. The van der Waals surface area contributed by atoms with Crippen LogP contribution in [-0.2, 0) is 4.79 Å². The quantitative estimate of drug-likeness (QED) is 0.460. The zero-order valence-corrected chi connectivity index (χ0v) is 17.8. The Hall–Kier alpha value is -3.71. The van der Waals surface area contributed by atoms with Crippen molar-refractivity contribution in [2.75, 3.05) is 17.7 Å². The van der Waals surface area contributed by atoms with Crippen LogP contribution in [0, 0.1) is 12.8 Å². The third-order valence-electron chi connectivity index (χ3n) is 4.77. The Labute approximate surface area is 181 Å². The summed E-state index contributed by atoms with van der Waals surface area (Å²) in [5, 5.41) is 17.9. The van der Waals surface area contributed by atoms with Gasteiger partial charge in [0.25, 0.3) is 5.91 Å². The van der Waals surface area contributed by atoms with Crippen LogP contribution < -0.4 is 16.0 Å². The van der Waals surface area contributed by atoms with Crippen LogP contribution >= 0.6 is 0 Å². The van der Waals surface area contributed by atoms with Crippen LogP contribution in [0.5, 0.6) is 0 Å². The van der Waals surface area contributed by atoms with Gasteiger partial charge in [-0.1, -0.05) is 36.4 Å². The van der Waals surface area contributed by atoms with Gasteiger partial charge in [0.15, 0.2) is 0 Å². The second-order valence-corrected chi connectivity index (χ2v) is 6.96.